The highest BCUT2D eigenvalue weighted by atomic mass is 15.1. The average molecular weight is 236 g/mol. The van der Waals surface area contributed by atoms with Gasteiger partial charge in [0.2, 0.25) is 0 Å². The van der Waals surface area contributed by atoms with Gasteiger partial charge in [0.25, 0.3) is 0 Å². The third-order valence-electron chi connectivity index (χ3n) is 2.57. The first-order valence-electron chi connectivity index (χ1n) is 5.49. The Labute approximate surface area is 106 Å². The first-order chi connectivity index (χ1) is 8.57. The van der Waals surface area contributed by atoms with Crippen LogP contribution < -0.4 is 5.32 Å². The van der Waals surface area contributed by atoms with E-state index in [0.29, 0.717) is 5.69 Å². The molecule has 0 spiro atoms. The molecular weight excluding hydrogens is 224 g/mol. The van der Waals surface area contributed by atoms with Gasteiger partial charge in [-0.15, -0.1) is 16.6 Å². The van der Waals surface area contributed by atoms with Gasteiger partial charge in [-0.3, -0.25) is 0 Å². The lowest BCUT2D eigenvalue weighted by molar-refractivity contribution is 0.740. The van der Waals surface area contributed by atoms with Gasteiger partial charge in [-0.25, -0.2) is 0 Å². The summed E-state index contributed by atoms with van der Waals surface area (Å²) < 4.78 is 0. The molecule has 0 unspecified atom stereocenters. The third kappa shape index (κ3) is 2.09. The van der Waals surface area contributed by atoms with Crippen LogP contribution in [0.3, 0.4) is 0 Å². The summed E-state index contributed by atoms with van der Waals surface area (Å²) >= 11 is 0. The van der Waals surface area contributed by atoms with Crippen LogP contribution in [-0.2, 0) is 0 Å². The van der Waals surface area contributed by atoms with Crippen LogP contribution in [0, 0.1) is 23.7 Å². The monoisotopic (exact) mass is 236 g/mol. The number of fused-ring (bicyclic) bond motifs is 1. The summed E-state index contributed by atoms with van der Waals surface area (Å²) in [4.78, 5) is 0. The topological polar surface area (TPSA) is 61.6 Å². The van der Waals surface area contributed by atoms with Crippen molar-refractivity contribution in [2.45, 2.75) is 19.4 Å². The van der Waals surface area contributed by atoms with E-state index in [2.05, 4.69) is 21.4 Å². The Hall–Kier alpha value is -2.59. The number of benzene rings is 1. The molecule has 0 bridgehead atoms. The van der Waals surface area contributed by atoms with Gasteiger partial charge in [0.1, 0.15) is 6.07 Å². The number of terminal acetylenes is 1. The second-order valence-electron chi connectivity index (χ2n) is 4.45. The smallest absolute Gasteiger partial charge is 0.186 e. The van der Waals surface area contributed by atoms with E-state index in [-0.39, 0.29) is 5.69 Å². The van der Waals surface area contributed by atoms with Crippen LogP contribution in [0.2, 0.25) is 0 Å². The number of rotatable bonds is 2. The van der Waals surface area contributed by atoms with Crippen LogP contribution in [0.5, 0.6) is 0 Å². The van der Waals surface area contributed by atoms with Gasteiger partial charge in [0.05, 0.1) is 16.7 Å². The summed E-state index contributed by atoms with van der Waals surface area (Å²) in [7, 11) is 0. The Morgan fingerprint density at radius 1 is 1.28 bits per heavy atom. The fourth-order valence-electron chi connectivity index (χ4n) is 1.61. The number of anilines is 1. The normalized spacial score (nSPS) is 10.7. The van der Waals surface area contributed by atoms with E-state index in [1.54, 1.807) is 0 Å². The van der Waals surface area contributed by atoms with Gasteiger partial charge >= 0.3 is 0 Å². The number of hydrogen-bond donors (Lipinski definition) is 1. The average Bonchev–Trinajstić information content (AvgIpc) is 2.39. The molecule has 0 saturated carbocycles. The van der Waals surface area contributed by atoms with E-state index in [1.807, 2.05) is 44.2 Å². The Balaban J connectivity index is 2.67. The molecule has 1 heterocycles. The quantitative estimate of drug-likeness (QED) is 0.813. The molecule has 0 radical (unpaired) electrons. The molecular formula is C14H12N4. The van der Waals surface area contributed by atoms with E-state index in [1.165, 1.54) is 0 Å². The molecule has 1 aromatic carbocycles. The molecule has 18 heavy (non-hydrogen) atoms. The molecule has 0 aliphatic rings. The van der Waals surface area contributed by atoms with Crippen molar-refractivity contribution in [3.05, 3.63) is 30.0 Å². The van der Waals surface area contributed by atoms with E-state index in [0.717, 1.165) is 10.9 Å². The molecule has 1 N–H and O–H groups in total. The van der Waals surface area contributed by atoms with E-state index >= 15 is 0 Å². The van der Waals surface area contributed by atoms with Crippen LogP contribution in [0.15, 0.2) is 24.3 Å². The van der Waals surface area contributed by atoms with Gasteiger partial charge < -0.3 is 5.32 Å². The van der Waals surface area contributed by atoms with Crippen molar-refractivity contribution >= 4 is 16.6 Å². The highest BCUT2D eigenvalue weighted by Crippen LogP contribution is 2.26. The lowest BCUT2D eigenvalue weighted by atomic mass is 10.0. The predicted molar refractivity (Wildman–Crippen MR) is 70.8 cm³/mol. The molecule has 0 fully saturated rings. The summed E-state index contributed by atoms with van der Waals surface area (Å²) in [6.07, 6.45) is 5.46. The summed E-state index contributed by atoms with van der Waals surface area (Å²) in [6.45, 7) is 3.73. The minimum absolute atomic E-state index is 0.247. The summed E-state index contributed by atoms with van der Waals surface area (Å²) in [5.41, 5.74) is 1.05. The number of nitrogens with one attached hydrogen (secondary N) is 1. The molecule has 4 nitrogen and oxygen atoms in total. The zero-order valence-corrected chi connectivity index (χ0v) is 10.2. The fraction of sp³-hybridized carbons (Fsp3) is 0.214. The van der Waals surface area contributed by atoms with Gasteiger partial charge in [-0.1, -0.05) is 24.1 Å². The zero-order chi connectivity index (χ0) is 13.2. The van der Waals surface area contributed by atoms with Gasteiger partial charge in [0, 0.05) is 5.39 Å². The molecule has 1 aromatic heterocycles. The van der Waals surface area contributed by atoms with Crippen LogP contribution in [0.4, 0.5) is 5.69 Å². The van der Waals surface area contributed by atoms with Crippen molar-refractivity contribution in [1.29, 1.82) is 5.26 Å². The van der Waals surface area contributed by atoms with Gasteiger partial charge in [-0.2, -0.15) is 5.26 Å². The van der Waals surface area contributed by atoms with Crippen molar-refractivity contribution < 1.29 is 0 Å². The Kier molecular flexibility index (Phi) is 2.87. The highest BCUT2D eigenvalue weighted by molar-refractivity contribution is 5.93. The summed E-state index contributed by atoms with van der Waals surface area (Å²) in [5, 5.41) is 21.0. The van der Waals surface area contributed by atoms with Crippen molar-refractivity contribution in [3.8, 4) is 18.4 Å². The lowest BCUT2D eigenvalue weighted by Gasteiger charge is -2.22. The number of aromatic nitrogens is 2. The second-order valence-corrected chi connectivity index (χ2v) is 4.45. The molecule has 0 atom stereocenters. The van der Waals surface area contributed by atoms with Crippen molar-refractivity contribution in [3.63, 3.8) is 0 Å². The van der Waals surface area contributed by atoms with Crippen molar-refractivity contribution in [2.75, 3.05) is 5.32 Å². The SMILES string of the molecule is C#CC(C)(C)Nc1c(C#N)nnc2ccccc12. The minimum Gasteiger partial charge on any atom is -0.367 e. The number of nitriles is 1. The Morgan fingerprint density at radius 3 is 2.67 bits per heavy atom. The van der Waals surface area contributed by atoms with Gasteiger partial charge in [-0.05, 0) is 19.9 Å². The molecule has 4 heteroatoms. The molecule has 0 saturated heterocycles. The Morgan fingerprint density at radius 2 is 2.00 bits per heavy atom. The van der Waals surface area contributed by atoms with Crippen LogP contribution in [-0.4, -0.2) is 15.7 Å². The van der Waals surface area contributed by atoms with E-state index < -0.39 is 5.54 Å². The molecule has 2 aromatic rings. The molecule has 0 aliphatic carbocycles. The van der Waals surface area contributed by atoms with Crippen molar-refractivity contribution in [2.24, 2.45) is 0 Å². The highest BCUT2D eigenvalue weighted by Gasteiger charge is 2.18. The number of nitrogens with zero attached hydrogens (tertiary/aromatic N) is 3. The number of hydrogen-bond acceptors (Lipinski definition) is 4. The maximum absolute atomic E-state index is 9.10. The van der Waals surface area contributed by atoms with Gasteiger partial charge in [0.15, 0.2) is 5.69 Å². The van der Waals surface area contributed by atoms with E-state index in [4.69, 9.17) is 11.7 Å². The van der Waals surface area contributed by atoms with E-state index in [9.17, 15) is 0 Å². The minimum atomic E-state index is -0.558. The van der Waals surface area contributed by atoms with Crippen molar-refractivity contribution in [1.82, 2.24) is 10.2 Å². The standard InChI is InChI=1S/C14H12N4/c1-4-14(2,3)16-13-10-7-5-6-8-11(10)17-18-12(13)9-15/h1,5-8H,2-3H3,(H,16,17). The maximum atomic E-state index is 9.10. The second kappa shape index (κ2) is 4.35. The summed E-state index contributed by atoms with van der Waals surface area (Å²) in [5.74, 6) is 2.64. The van der Waals surface area contributed by atoms with Crippen LogP contribution in [0.25, 0.3) is 10.9 Å². The Bertz CT molecular complexity index is 674. The first kappa shape index (κ1) is 11.9. The first-order valence-corrected chi connectivity index (χ1v) is 5.49. The predicted octanol–water partition coefficient (Wildman–Crippen LogP) is 2.33. The molecule has 0 aliphatic heterocycles. The summed E-state index contributed by atoms with van der Waals surface area (Å²) in [6, 6.07) is 9.53. The largest absolute Gasteiger partial charge is 0.367 e. The molecule has 2 rings (SSSR count). The maximum Gasteiger partial charge on any atom is 0.186 e. The molecule has 0 amide bonds. The van der Waals surface area contributed by atoms with Crippen LogP contribution >= 0.6 is 0 Å². The lowest BCUT2D eigenvalue weighted by Crippen LogP contribution is -2.29. The fourth-order valence-corrected chi connectivity index (χ4v) is 1.61. The van der Waals surface area contributed by atoms with Crippen LogP contribution in [0.1, 0.15) is 19.5 Å². The third-order valence-corrected chi connectivity index (χ3v) is 2.57. The zero-order valence-electron chi connectivity index (χ0n) is 10.2. The molecule has 88 valence electrons.